The van der Waals surface area contributed by atoms with Crippen LogP contribution in [0.3, 0.4) is 0 Å². The van der Waals surface area contributed by atoms with Crippen LogP contribution in [0.15, 0.2) is 48.7 Å². The number of nitrogens with zero attached hydrogens (tertiary/aromatic N) is 2. The molecule has 0 bridgehead atoms. The average molecular weight is 488 g/mol. The van der Waals surface area contributed by atoms with E-state index in [2.05, 4.69) is 10.3 Å². The molecule has 0 radical (unpaired) electrons. The molecule has 0 saturated heterocycles. The maximum Gasteiger partial charge on any atom is 0.262 e. The summed E-state index contributed by atoms with van der Waals surface area (Å²) in [6, 6.07) is 9.18. The van der Waals surface area contributed by atoms with Crippen molar-refractivity contribution in [3.63, 3.8) is 0 Å². The number of anilines is 1. The van der Waals surface area contributed by atoms with Gasteiger partial charge in [0, 0.05) is 17.5 Å². The molecule has 0 saturated carbocycles. The first-order chi connectivity index (χ1) is 15.9. The van der Waals surface area contributed by atoms with E-state index in [1.54, 1.807) is 30.5 Å². The fraction of sp³-hybridized carbons (Fsp3) is 0.217. The quantitative estimate of drug-likeness (QED) is 0.478. The molecule has 3 amide bonds. The minimum atomic E-state index is -0.983. The van der Waals surface area contributed by atoms with E-state index in [1.165, 1.54) is 29.2 Å². The molecule has 1 aliphatic heterocycles. The minimum absolute atomic E-state index is 0.285. The third kappa shape index (κ3) is 4.81. The Morgan fingerprint density at radius 3 is 2.45 bits per heavy atom. The Labute approximate surface area is 197 Å². The number of benzene rings is 2. The average Bonchev–Trinajstić information content (AvgIpc) is 3.34. The van der Waals surface area contributed by atoms with Gasteiger partial charge in [-0.2, -0.15) is 11.8 Å². The van der Waals surface area contributed by atoms with Gasteiger partial charge in [-0.3, -0.25) is 19.3 Å². The van der Waals surface area contributed by atoms with E-state index in [9.17, 15) is 23.2 Å². The number of halogens is 2. The standard InChI is InChI=1S/C23H19F2N3O3S2/c1-32-9-8-19(28-21(30)15-4-2-3-5-16(15)22(28)31)20(29)27-23-26-12-14(33-23)10-13-6-7-17(24)18(25)11-13/h2-7,11-12,19H,8-10H2,1H3,(H,26,27,29)/t19-/m1/s1. The summed E-state index contributed by atoms with van der Waals surface area (Å²) >= 11 is 2.69. The Balaban J connectivity index is 1.50. The van der Waals surface area contributed by atoms with Crippen molar-refractivity contribution >= 4 is 46.0 Å². The third-order valence-corrected chi connectivity index (χ3v) is 6.74. The van der Waals surface area contributed by atoms with Gasteiger partial charge in [0.1, 0.15) is 6.04 Å². The Morgan fingerprint density at radius 2 is 1.82 bits per heavy atom. The molecule has 3 aromatic rings. The molecule has 170 valence electrons. The van der Waals surface area contributed by atoms with Gasteiger partial charge in [0.05, 0.1) is 11.1 Å². The second kappa shape index (κ2) is 9.80. The van der Waals surface area contributed by atoms with E-state index >= 15 is 0 Å². The maximum atomic E-state index is 13.5. The van der Waals surface area contributed by atoms with Crippen LogP contribution in [0, 0.1) is 11.6 Å². The van der Waals surface area contributed by atoms with Gasteiger partial charge >= 0.3 is 0 Å². The van der Waals surface area contributed by atoms with Crippen molar-refractivity contribution in [1.82, 2.24) is 9.88 Å². The second-order valence-electron chi connectivity index (χ2n) is 7.37. The van der Waals surface area contributed by atoms with Gasteiger partial charge in [0.15, 0.2) is 16.8 Å². The van der Waals surface area contributed by atoms with Crippen LogP contribution in [0.25, 0.3) is 0 Å². The molecule has 1 N–H and O–H groups in total. The van der Waals surface area contributed by atoms with Crippen LogP contribution in [0.4, 0.5) is 13.9 Å². The molecule has 1 aliphatic rings. The van der Waals surface area contributed by atoms with Crippen molar-refractivity contribution < 1.29 is 23.2 Å². The first-order valence-electron chi connectivity index (χ1n) is 10.0. The molecule has 33 heavy (non-hydrogen) atoms. The van der Waals surface area contributed by atoms with E-state index < -0.39 is 35.4 Å². The maximum absolute atomic E-state index is 13.5. The molecule has 0 unspecified atom stereocenters. The number of thiazole rings is 1. The van der Waals surface area contributed by atoms with Crippen molar-refractivity contribution in [1.29, 1.82) is 0 Å². The zero-order chi connectivity index (χ0) is 23.5. The number of fused-ring (bicyclic) bond motifs is 1. The van der Waals surface area contributed by atoms with Gasteiger partial charge < -0.3 is 5.32 Å². The van der Waals surface area contributed by atoms with Gasteiger partial charge in [-0.25, -0.2) is 13.8 Å². The predicted molar refractivity (Wildman–Crippen MR) is 124 cm³/mol. The molecule has 0 aliphatic carbocycles. The largest absolute Gasteiger partial charge is 0.300 e. The Bertz CT molecular complexity index is 1200. The number of rotatable bonds is 8. The highest BCUT2D eigenvalue weighted by molar-refractivity contribution is 7.98. The van der Waals surface area contributed by atoms with Gasteiger partial charge in [0.25, 0.3) is 11.8 Å². The predicted octanol–water partition coefficient (Wildman–Crippen LogP) is 4.37. The number of nitrogens with one attached hydrogen (secondary N) is 1. The first kappa shape index (κ1) is 23.1. The van der Waals surface area contributed by atoms with E-state index in [1.807, 2.05) is 6.26 Å². The van der Waals surface area contributed by atoms with Crippen LogP contribution in [-0.2, 0) is 11.2 Å². The summed E-state index contributed by atoms with van der Waals surface area (Å²) in [6.07, 6.45) is 4.04. The number of hydrogen-bond acceptors (Lipinski definition) is 6. The number of carbonyl (C=O) groups is 3. The molecule has 6 nitrogen and oxygen atoms in total. The summed E-state index contributed by atoms with van der Waals surface area (Å²) in [5.74, 6) is -2.76. The monoisotopic (exact) mass is 487 g/mol. The van der Waals surface area contributed by atoms with E-state index in [0.717, 1.165) is 21.9 Å². The van der Waals surface area contributed by atoms with E-state index in [-0.39, 0.29) is 11.1 Å². The van der Waals surface area contributed by atoms with Gasteiger partial charge in [0.2, 0.25) is 5.91 Å². The summed E-state index contributed by atoms with van der Waals surface area (Å²) in [4.78, 5) is 44.8. The Kier molecular flexibility index (Phi) is 6.85. The molecule has 10 heteroatoms. The normalized spacial score (nSPS) is 13.8. The lowest BCUT2D eigenvalue weighted by atomic mass is 10.1. The lowest BCUT2D eigenvalue weighted by molar-refractivity contribution is -0.120. The first-order valence-corrected chi connectivity index (χ1v) is 12.3. The smallest absolute Gasteiger partial charge is 0.262 e. The highest BCUT2D eigenvalue weighted by atomic mass is 32.2. The van der Waals surface area contributed by atoms with Crippen LogP contribution in [0.1, 0.15) is 37.6 Å². The summed E-state index contributed by atoms with van der Waals surface area (Å²) in [7, 11) is 0. The lowest BCUT2D eigenvalue weighted by Crippen LogP contribution is -2.47. The number of hydrogen-bond donors (Lipinski definition) is 1. The topological polar surface area (TPSA) is 79.4 Å². The van der Waals surface area contributed by atoms with Crippen LogP contribution in [-0.4, -0.2) is 45.7 Å². The molecule has 1 atom stereocenters. The molecular weight excluding hydrogens is 468 g/mol. The fourth-order valence-corrected chi connectivity index (χ4v) is 4.89. The summed E-state index contributed by atoms with van der Waals surface area (Å²) in [6.45, 7) is 0. The molecule has 4 rings (SSSR count). The Morgan fingerprint density at radius 1 is 1.12 bits per heavy atom. The fourth-order valence-electron chi connectivity index (χ4n) is 3.58. The van der Waals surface area contributed by atoms with Crippen LogP contribution in [0.5, 0.6) is 0 Å². The van der Waals surface area contributed by atoms with Crippen molar-refractivity contribution in [3.05, 3.63) is 81.9 Å². The van der Waals surface area contributed by atoms with Crippen molar-refractivity contribution in [2.75, 3.05) is 17.3 Å². The SMILES string of the molecule is CSCC[C@H](C(=O)Nc1ncc(Cc2ccc(F)c(F)c2)s1)N1C(=O)c2ccccc2C1=O. The molecular formula is C23H19F2N3O3S2. The van der Waals surface area contributed by atoms with Crippen LogP contribution < -0.4 is 5.32 Å². The van der Waals surface area contributed by atoms with E-state index in [0.29, 0.717) is 29.3 Å². The number of thioether (sulfide) groups is 1. The molecule has 0 spiro atoms. The van der Waals surface area contributed by atoms with Crippen molar-refractivity contribution in [2.24, 2.45) is 0 Å². The molecule has 1 aromatic heterocycles. The van der Waals surface area contributed by atoms with Gasteiger partial charge in [-0.05, 0) is 48.3 Å². The second-order valence-corrected chi connectivity index (χ2v) is 9.47. The van der Waals surface area contributed by atoms with Gasteiger partial charge in [-0.15, -0.1) is 11.3 Å². The Hall–Kier alpha value is -3.11. The van der Waals surface area contributed by atoms with Crippen molar-refractivity contribution in [3.8, 4) is 0 Å². The van der Waals surface area contributed by atoms with Gasteiger partial charge in [-0.1, -0.05) is 18.2 Å². The zero-order valence-electron chi connectivity index (χ0n) is 17.5. The summed E-state index contributed by atoms with van der Waals surface area (Å²) < 4.78 is 26.6. The molecule has 0 fully saturated rings. The molecule has 2 heterocycles. The minimum Gasteiger partial charge on any atom is -0.300 e. The third-order valence-electron chi connectivity index (χ3n) is 5.18. The number of amides is 3. The van der Waals surface area contributed by atoms with Crippen LogP contribution in [0.2, 0.25) is 0 Å². The molecule has 2 aromatic carbocycles. The summed E-state index contributed by atoms with van der Waals surface area (Å²) in [5, 5.41) is 3.00. The highest BCUT2D eigenvalue weighted by Gasteiger charge is 2.42. The number of imide groups is 1. The zero-order valence-corrected chi connectivity index (χ0v) is 19.1. The van der Waals surface area contributed by atoms with Crippen molar-refractivity contribution in [2.45, 2.75) is 18.9 Å². The number of carbonyl (C=O) groups excluding carboxylic acids is 3. The number of aromatic nitrogens is 1. The van der Waals surface area contributed by atoms with Crippen LogP contribution >= 0.6 is 23.1 Å². The van der Waals surface area contributed by atoms with E-state index in [4.69, 9.17) is 0 Å². The lowest BCUT2D eigenvalue weighted by Gasteiger charge is -2.24. The highest BCUT2D eigenvalue weighted by Crippen LogP contribution is 2.28. The summed E-state index contributed by atoms with van der Waals surface area (Å²) in [5.41, 5.74) is 1.14.